The summed E-state index contributed by atoms with van der Waals surface area (Å²) in [6.45, 7) is 3.87. The molecule has 0 aromatic carbocycles. The number of nitrogens with zero attached hydrogens (tertiary/aromatic N) is 2. The maximum atomic E-state index is 12.2. The topological polar surface area (TPSA) is 84.0 Å². The molecule has 0 bridgehead atoms. The van der Waals surface area contributed by atoms with E-state index < -0.39 is 10.0 Å². The molecule has 2 aromatic rings. The largest absolute Gasteiger partial charge is 0.312 e. The molecule has 0 fully saturated rings. The van der Waals surface area contributed by atoms with Crippen LogP contribution in [0, 0.1) is 0 Å². The highest BCUT2D eigenvalue weighted by Crippen LogP contribution is 2.19. The number of sulfonamides is 1. The van der Waals surface area contributed by atoms with Gasteiger partial charge in [0.25, 0.3) is 0 Å². The fourth-order valence-corrected chi connectivity index (χ4v) is 3.90. The van der Waals surface area contributed by atoms with E-state index in [0.717, 1.165) is 17.8 Å². The van der Waals surface area contributed by atoms with E-state index in [1.807, 2.05) is 0 Å². The summed E-state index contributed by atoms with van der Waals surface area (Å²) in [6.07, 6.45) is 4.03. The summed E-state index contributed by atoms with van der Waals surface area (Å²) in [4.78, 5) is 9.08. The molecule has 0 amide bonds. The Bertz CT molecular complexity index is 656. The first-order valence-corrected chi connectivity index (χ1v) is 9.01. The van der Waals surface area contributed by atoms with E-state index in [-0.39, 0.29) is 6.54 Å². The first kappa shape index (κ1) is 16.0. The van der Waals surface area contributed by atoms with E-state index in [0.29, 0.717) is 17.1 Å². The van der Waals surface area contributed by atoms with Crippen LogP contribution < -0.4 is 10.0 Å². The van der Waals surface area contributed by atoms with Gasteiger partial charge in [-0.1, -0.05) is 6.92 Å². The minimum Gasteiger partial charge on any atom is -0.312 e. The molecule has 0 saturated heterocycles. The summed E-state index contributed by atoms with van der Waals surface area (Å²) in [5, 5.41) is 4.91. The molecular formula is C13H18N4O2S2. The molecule has 0 saturated carbocycles. The minimum absolute atomic E-state index is 0.157. The molecule has 0 aliphatic carbocycles. The molecule has 0 unspecified atom stereocenters. The summed E-state index contributed by atoms with van der Waals surface area (Å²) in [7, 11) is -3.50. The molecule has 8 heteroatoms. The molecule has 2 N–H and O–H groups in total. The van der Waals surface area contributed by atoms with Crippen LogP contribution in [0.5, 0.6) is 0 Å². The Morgan fingerprint density at radius 3 is 2.90 bits per heavy atom. The Balaban J connectivity index is 1.96. The van der Waals surface area contributed by atoms with Crippen LogP contribution in [-0.2, 0) is 23.1 Å². The van der Waals surface area contributed by atoms with Crippen LogP contribution in [0.15, 0.2) is 34.9 Å². The van der Waals surface area contributed by atoms with Crippen molar-refractivity contribution in [3.05, 3.63) is 40.6 Å². The van der Waals surface area contributed by atoms with Crippen molar-refractivity contribution in [2.45, 2.75) is 31.3 Å². The van der Waals surface area contributed by atoms with Gasteiger partial charge in [-0.05, 0) is 25.1 Å². The third-order valence-electron chi connectivity index (χ3n) is 2.75. The monoisotopic (exact) mass is 326 g/mol. The van der Waals surface area contributed by atoms with Gasteiger partial charge in [0.15, 0.2) is 0 Å². The Kier molecular flexibility index (Phi) is 5.80. The number of hydrogen-bond donors (Lipinski definition) is 2. The van der Waals surface area contributed by atoms with Gasteiger partial charge < -0.3 is 5.32 Å². The lowest BCUT2D eigenvalue weighted by molar-refractivity contribution is 0.580. The van der Waals surface area contributed by atoms with Gasteiger partial charge in [0, 0.05) is 23.0 Å². The van der Waals surface area contributed by atoms with Gasteiger partial charge in [-0.3, -0.25) is 0 Å². The van der Waals surface area contributed by atoms with Gasteiger partial charge in [-0.2, -0.15) is 0 Å². The van der Waals surface area contributed by atoms with E-state index in [4.69, 9.17) is 0 Å². The van der Waals surface area contributed by atoms with Gasteiger partial charge in [0.1, 0.15) is 6.33 Å². The van der Waals surface area contributed by atoms with Crippen molar-refractivity contribution >= 4 is 21.4 Å². The zero-order valence-corrected chi connectivity index (χ0v) is 13.4. The molecule has 2 heterocycles. The average Bonchev–Trinajstić information content (AvgIpc) is 2.96. The maximum absolute atomic E-state index is 12.2. The summed E-state index contributed by atoms with van der Waals surface area (Å²) in [5.41, 5.74) is 0.633. The van der Waals surface area contributed by atoms with Crippen LogP contribution in [-0.4, -0.2) is 24.9 Å². The zero-order valence-electron chi connectivity index (χ0n) is 11.7. The number of rotatable bonds is 8. The van der Waals surface area contributed by atoms with E-state index in [2.05, 4.69) is 26.9 Å². The zero-order chi connectivity index (χ0) is 15.1. The van der Waals surface area contributed by atoms with Gasteiger partial charge in [-0.15, -0.1) is 11.3 Å². The standard InChI is InChI=1S/C13H18N4O2S2/c1-2-4-14-8-12-6-13(9-20-12)21(18,19)17-7-11-3-5-15-10-16-11/h3,5-6,9-10,14,17H,2,4,7-8H2,1H3. The number of aromatic nitrogens is 2. The van der Waals surface area contributed by atoms with Crippen LogP contribution in [0.4, 0.5) is 0 Å². The number of nitrogens with one attached hydrogen (secondary N) is 2. The van der Waals surface area contributed by atoms with Crippen LogP contribution >= 0.6 is 11.3 Å². The number of hydrogen-bond acceptors (Lipinski definition) is 6. The molecule has 6 nitrogen and oxygen atoms in total. The third kappa shape index (κ3) is 4.85. The van der Waals surface area contributed by atoms with Crippen molar-refractivity contribution in [2.75, 3.05) is 6.54 Å². The highest BCUT2D eigenvalue weighted by molar-refractivity contribution is 7.89. The molecule has 0 aliphatic rings. The smallest absolute Gasteiger partial charge is 0.241 e. The molecule has 0 atom stereocenters. The van der Waals surface area contributed by atoms with Crippen molar-refractivity contribution < 1.29 is 8.42 Å². The Hall–Kier alpha value is -1.35. The maximum Gasteiger partial charge on any atom is 0.241 e. The SMILES string of the molecule is CCCNCc1cc(S(=O)(=O)NCc2ccncn2)cs1. The predicted octanol–water partition coefficient (Wildman–Crippen LogP) is 1.52. The molecule has 0 radical (unpaired) electrons. The molecule has 114 valence electrons. The first-order valence-electron chi connectivity index (χ1n) is 6.64. The second kappa shape index (κ2) is 7.60. The lowest BCUT2D eigenvalue weighted by Crippen LogP contribution is -2.23. The van der Waals surface area contributed by atoms with Crippen molar-refractivity contribution in [1.29, 1.82) is 0 Å². The number of thiophene rings is 1. The molecule has 2 aromatic heterocycles. The van der Waals surface area contributed by atoms with Crippen LogP contribution in [0.2, 0.25) is 0 Å². The predicted molar refractivity (Wildman–Crippen MR) is 82.4 cm³/mol. The average molecular weight is 326 g/mol. The highest BCUT2D eigenvalue weighted by atomic mass is 32.2. The van der Waals surface area contributed by atoms with Crippen LogP contribution in [0.3, 0.4) is 0 Å². The Morgan fingerprint density at radius 2 is 2.19 bits per heavy atom. The molecule has 2 rings (SSSR count). The van der Waals surface area contributed by atoms with E-state index in [9.17, 15) is 8.42 Å². The lowest BCUT2D eigenvalue weighted by atomic mass is 10.4. The third-order valence-corrected chi connectivity index (χ3v) is 5.22. The summed E-state index contributed by atoms with van der Waals surface area (Å²) in [6, 6.07) is 3.38. The normalized spacial score (nSPS) is 11.7. The second-order valence-electron chi connectivity index (χ2n) is 4.45. The molecular weight excluding hydrogens is 308 g/mol. The second-order valence-corrected chi connectivity index (χ2v) is 7.21. The Labute approximate surface area is 128 Å². The van der Waals surface area contributed by atoms with Crippen LogP contribution in [0.1, 0.15) is 23.9 Å². The molecule has 0 spiro atoms. The lowest BCUT2D eigenvalue weighted by Gasteiger charge is -2.04. The fraction of sp³-hybridized carbons (Fsp3) is 0.385. The van der Waals surface area contributed by atoms with E-state index >= 15 is 0 Å². The molecule has 21 heavy (non-hydrogen) atoms. The minimum atomic E-state index is -3.50. The summed E-state index contributed by atoms with van der Waals surface area (Å²) < 4.78 is 26.9. The quantitative estimate of drug-likeness (QED) is 0.719. The van der Waals surface area contributed by atoms with Crippen molar-refractivity contribution in [2.24, 2.45) is 0 Å². The summed E-state index contributed by atoms with van der Waals surface area (Å²) >= 11 is 1.44. The van der Waals surface area contributed by atoms with E-state index in [1.54, 1.807) is 23.7 Å². The van der Waals surface area contributed by atoms with Gasteiger partial charge in [0.05, 0.1) is 17.1 Å². The van der Waals surface area contributed by atoms with Crippen molar-refractivity contribution in [3.8, 4) is 0 Å². The Morgan fingerprint density at radius 1 is 1.33 bits per heavy atom. The van der Waals surface area contributed by atoms with Crippen molar-refractivity contribution in [1.82, 2.24) is 20.0 Å². The van der Waals surface area contributed by atoms with Gasteiger partial charge >= 0.3 is 0 Å². The fourth-order valence-electron chi connectivity index (χ4n) is 1.66. The molecule has 0 aliphatic heterocycles. The van der Waals surface area contributed by atoms with Crippen molar-refractivity contribution in [3.63, 3.8) is 0 Å². The first-order chi connectivity index (χ1) is 10.1. The summed E-state index contributed by atoms with van der Waals surface area (Å²) in [5.74, 6) is 0. The van der Waals surface area contributed by atoms with Gasteiger partial charge in [0.2, 0.25) is 10.0 Å². The highest BCUT2D eigenvalue weighted by Gasteiger charge is 2.16. The van der Waals surface area contributed by atoms with E-state index in [1.165, 1.54) is 17.7 Å². The van der Waals surface area contributed by atoms with Crippen LogP contribution in [0.25, 0.3) is 0 Å². The van der Waals surface area contributed by atoms with Gasteiger partial charge in [-0.25, -0.2) is 23.1 Å².